The number of rotatable bonds is 4. The Balaban J connectivity index is 1.69. The molecule has 0 unspecified atom stereocenters. The van der Waals surface area contributed by atoms with Crippen LogP contribution in [0.15, 0.2) is 46.3 Å². The quantitative estimate of drug-likeness (QED) is 0.457. The van der Waals surface area contributed by atoms with Gasteiger partial charge in [-0.05, 0) is 75.6 Å². The summed E-state index contributed by atoms with van der Waals surface area (Å²) in [5, 5.41) is 12.7. The predicted octanol–water partition coefficient (Wildman–Crippen LogP) is 5.03. The van der Waals surface area contributed by atoms with Crippen molar-refractivity contribution in [3.63, 3.8) is 0 Å². The molecule has 1 aliphatic rings. The van der Waals surface area contributed by atoms with E-state index in [0.717, 1.165) is 35.2 Å². The van der Waals surface area contributed by atoms with Crippen LogP contribution in [0.2, 0.25) is 0 Å². The van der Waals surface area contributed by atoms with Gasteiger partial charge in [0.05, 0.1) is 10.4 Å². The molecule has 1 fully saturated rings. The molecule has 0 amide bonds. The Morgan fingerprint density at radius 1 is 1.00 bits per heavy atom. The van der Waals surface area contributed by atoms with Crippen LogP contribution in [0.3, 0.4) is 0 Å². The largest absolute Gasteiger partial charge is 0.367 e. The number of benzene rings is 2. The summed E-state index contributed by atoms with van der Waals surface area (Å²) in [6, 6.07) is 11.9. The number of anilines is 1. The van der Waals surface area contributed by atoms with Gasteiger partial charge in [-0.1, -0.05) is 42.0 Å². The van der Waals surface area contributed by atoms with E-state index in [1.54, 1.807) is 0 Å². The maximum absolute atomic E-state index is 13.8. The zero-order valence-corrected chi connectivity index (χ0v) is 20.3. The third-order valence-electron chi connectivity index (χ3n) is 6.71. The van der Waals surface area contributed by atoms with E-state index >= 15 is 0 Å². The average molecular weight is 464 g/mol. The van der Waals surface area contributed by atoms with Crippen molar-refractivity contribution in [3.8, 4) is 0 Å². The monoisotopic (exact) mass is 463 g/mol. The summed E-state index contributed by atoms with van der Waals surface area (Å²) in [5.74, 6) is 1.43. The number of para-hydroxylation sites is 1. The number of fused-ring (bicyclic) bond motifs is 3. The van der Waals surface area contributed by atoms with Gasteiger partial charge in [0.1, 0.15) is 5.82 Å². The fourth-order valence-corrected chi connectivity index (χ4v) is 6.79. The second kappa shape index (κ2) is 8.09. The Kier molecular flexibility index (Phi) is 5.35. The highest BCUT2D eigenvalue weighted by atomic mass is 32.2. The first-order valence-corrected chi connectivity index (χ1v) is 13.0. The maximum atomic E-state index is 13.8. The fourth-order valence-electron chi connectivity index (χ4n) is 5.11. The smallest absolute Gasteiger partial charge is 0.230 e. The van der Waals surface area contributed by atoms with Crippen molar-refractivity contribution in [2.24, 2.45) is 5.92 Å². The molecule has 5 rings (SSSR count). The van der Waals surface area contributed by atoms with Crippen molar-refractivity contribution in [1.29, 1.82) is 0 Å². The molecule has 2 aromatic heterocycles. The molecule has 0 aliphatic heterocycles. The number of nitrogens with zero attached hydrogens (tertiary/aromatic N) is 4. The molecule has 0 spiro atoms. The van der Waals surface area contributed by atoms with Crippen molar-refractivity contribution in [3.05, 3.63) is 53.1 Å². The molecule has 1 N–H and O–H groups in total. The topological polar surface area (TPSA) is 89.2 Å². The van der Waals surface area contributed by atoms with Gasteiger partial charge in [-0.3, -0.25) is 0 Å². The average Bonchev–Trinajstić information content (AvgIpc) is 3.19. The van der Waals surface area contributed by atoms with Crippen molar-refractivity contribution < 1.29 is 8.42 Å². The van der Waals surface area contributed by atoms with Gasteiger partial charge < -0.3 is 5.32 Å². The minimum atomic E-state index is -3.91. The van der Waals surface area contributed by atoms with Crippen LogP contribution in [0.25, 0.3) is 16.6 Å². The Morgan fingerprint density at radius 3 is 2.36 bits per heavy atom. The van der Waals surface area contributed by atoms with Gasteiger partial charge in [0.25, 0.3) is 0 Å². The molecular weight excluding hydrogens is 434 g/mol. The lowest BCUT2D eigenvalue weighted by molar-refractivity contribution is 0.361. The SMILES string of the molecule is Cc1cc(C)c(S(=O)(=O)c2nnn3c2nc(NC2CCC(C)CC2)c2ccccc23)c(C)c1. The maximum Gasteiger partial charge on any atom is 0.230 e. The predicted molar refractivity (Wildman–Crippen MR) is 129 cm³/mol. The number of hydrogen-bond acceptors (Lipinski definition) is 6. The van der Waals surface area contributed by atoms with Crippen molar-refractivity contribution in [1.82, 2.24) is 19.8 Å². The molecule has 2 aromatic carbocycles. The van der Waals surface area contributed by atoms with E-state index in [9.17, 15) is 8.42 Å². The van der Waals surface area contributed by atoms with Crippen LogP contribution in [0, 0.1) is 26.7 Å². The summed E-state index contributed by atoms with van der Waals surface area (Å²) in [6.45, 7) is 7.89. The summed E-state index contributed by atoms with van der Waals surface area (Å²) >= 11 is 0. The van der Waals surface area contributed by atoms with Crippen molar-refractivity contribution in [2.45, 2.75) is 69.3 Å². The third kappa shape index (κ3) is 3.76. The minimum absolute atomic E-state index is 0.108. The Morgan fingerprint density at radius 2 is 1.67 bits per heavy atom. The fraction of sp³-hybridized carbons (Fsp3) is 0.400. The van der Waals surface area contributed by atoms with Gasteiger partial charge in [-0.25, -0.2) is 13.4 Å². The highest BCUT2D eigenvalue weighted by molar-refractivity contribution is 7.91. The first-order valence-electron chi connectivity index (χ1n) is 11.5. The molecule has 33 heavy (non-hydrogen) atoms. The molecular formula is C25H29N5O2S. The van der Waals surface area contributed by atoms with Crippen LogP contribution < -0.4 is 5.32 Å². The summed E-state index contributed by atoms with van der Waals surface area (Å²) < 4.78 is 29.1. The van der Waals surface area contributed by atoms with E-state index in [4.69, 9.17) is 4.98 Å². The number of nitrogens with one attached hydrogen (secondary N) is 1. The summed E-state index contributed by atoms with van der Waals surface area (Å²) in [4.78, 5) is 5.07. The lowest BCUT2D eigenvalue weighted by Gasteiger charge is -2.27. The summed E-state index contributed by atoms with van der Waals surface area (Å²) in [7, 11) is -3.91. The Hall–Kier alpha value is -3.00. The van der Waals surface area contributed by atoms with Gasteiger partial charge in [0, 0.05) is 11.4 Å². The van der Waals surface area contributed by atoms with Gasteiger partial charge >= 0.3 is 0 Å². The van der Waals surface area contributed by atoms with Crippen LogP contribution in [-0.4, -0.2) is 34.3 Å². The van der Waals surface area contributed by atoms with E-state index in [0.29, 0.717) is 23.0 Å². The molecule has 4 aromatic rings. The normalized spacial score (nSPS) is 19.3. The molecule has 1 aliphatic carbocycles. The zero-order chi connectivity index (χ0) is 23.3. The number of sulfone groups is 1. The Bertz CT molecular complexity index is 1440. The first kappa shape index (κ1) is 21.8. The third-order valence-corrected chi connectivity index (χ3v) is 8.66. The van der Waals surface area contributed by atoms with E-state index in [-0.39, 0.29) is 15.6 Å². The van der Waals surface area contributed by atoms with Gasteiger partial charge in [-0.2, -0.15) is 4.52 Å². The molecule has 0 saturated heterocycles. The second-order valence-electron chi connectivity index (χ2n) is 9.44. The van der Waals surface area contributed by atoms with Crippen molar-refractivity contribution >= 4 is 32.2 Å². The lowest BCUT2D eigenvalue weighted by Crippen LogP contribution is -2.26. The minimum Gasteiger partial charge on any atom is -0.367 e. The number of aryl methyl sites for hydroxylation is 3. The van der Waals surface area contributed by atoms with E-state index in [1.165, 1.54) is 17.4 Å². The van der Waals surface area contributed by atoms with E-state index in [1.807, 2.05) is 57.2 Å². The molecule has 0 atom stereocenters. The van der Waals surface area contributed by atoms with E-state index in [2.05, 4.69) is 22.6 Å². The molecule has 0 radical (unpaired) electrons. The second-order valence-corrected chi connectivity index (χ2v) is 11.2. The zero-order valence-electron chi connectivity index (χ0n) is 19.5. The van der Waals surface area contributed by atoms with Gasteiger partial charge in [0.15, 0.2) is 5.65 Å². The molecule has 2 heterocycles. The Labute approximate surface area is 194 Å². The standard InChI is InChI=1S/C25H29N5O2S/c1-15-9-11-19(12-10-15)26-23-20-7-5-6-8-21(20)30-24(27-23)25(28-29-30)33(31,32)22-17(3)13-16(2)14-18(22)4/h5-8,13-15,19H,9-12H2,1-4H3,(H,26,27). The molecule has 172 valence electrons. The van der Waals surface area contributed by atoms with Crippen LogP contribution in [-0.2, 0) is 9.84 Å². The lowest BCUT2D eigenvalue weighted by atomic mass is 9.87. The first-order chi connectivity index (χ1) is 15.8. The van der Waals surface area contributed by atoms with Gasteiger partial charge in [0.2, 0.25) is 14.9 Å². The van der Waals surface area contributed by atoms with Crippen LogP contribution >= 0.6 is 0 Å². The van der Waals surface area contributed by atoms with Crippen molar-refractivity contribution in [2.75, 3.05) is 5.32 Å². The number of aromatic nitrogens is 4. The molecule has 1 saturated carbocycles. The van der Waals surface area contributed by atoms with Crippen LogP contribution in [0.1, 0.15) is 49.3 Å². The van der Waals surface area contributed by atoms with Crippen LogP contribution in [0.5, 0.6) is 0 Å². The highest BCUT2D eigenvalue weighted by Gasteiger charge is 2.30. The van der Waals surface area contributed by atoms with Gasteiger partial charge in [-0.15, -0.1) is 5.10 Å². The molecule has 7 nitrogen and oxygen atoms in total. The number of hydrogen-bond donors (Lipinski definition) is 1. The highest BCUT2D eigenvalue weighted by Crippen LogP contribution is 2.33. The molecule has 0 bridgehead atoms. The molecule has 8 heteroatoms. The van der Waals surface area contributed by atoms with E-state index < -0.39 is 9.84 Å². The summed E-state index contributed by atoms with van der Waals surface area (Å²) in [5.41, 5.74) is 3.45. The van der Waals surface area contributed by atoms with Crippen LogP contribution in [0.4, 0.5) is 5.82 Å². The summed E-state index contributed by atoms with van der Waals surface area (Å²) in [6.07, 6.45) is 4.51.